The van der Waals surface area contributed by atoms with Crippen LogP contribution in [-0.4, -0.2) is 31.0 Å². The normalized spacial score (nSPS) is 24.1. The summed E-state index contributed by atoms with van der Waals surface area (Å²) in [6.45, 7) is 12.8. The zero-order valence-corrected chi connectivity index (χ0v) is 18.7. The predicted octanol–water partition coefficient (Wildman–Crippen LogP) is 5.63. The first-order chi connectivity index (χ1) is 13.3. The number of esters is 1. The number of carbonyl (C=O) groups excluding carboxylic acids is 1. The second kappa shape index (κ2) is 10.1. The monoisotopic (exact) mass is 386 g/mol. The molecule has 0 amide bonds. The van der Waals surface area contributed by atoms with Gasteiger partial charge in [0.1, 0.15) is 18.0 Å². The van der Waals surface area contributed by atoms with Crippen LogP contribution in [-0.2, 0) is 9.53 Å². The lowest BCUT2D eigenvalue weighted by molar-refractivity contribution is -0.156. The van der Waals surface area contributed by atoms with Gasteiger partial charge in [0.2, 0.25) is 0 Å². The topological polar surface area (TPSA) is 41.9 Å². The quantitative estimate of drug-likeness (QED) is 0.361. The number of aryl methyl sites for hydroxylation is 1. The fourth-order valence-electron chi connectivity index (χ4n) is 4.44. The summed E-state index contributed by atoms with van der Waals surface area (Å²) in [4.78, 5) is 19.7. The molecule has 0 heterocycles. The van der Waals surface area contributed by atoms with Crippen molar-refractivity contribution in [2.24, 2.45) is 22.7 Å². The zero-order valence-electron chi connectivity index (χ0n) is 18.7. The first kappa shape index (κ1) is 22.4. The van der Waals surface area contributed by atoms with Crippen molar-refractivity contribution in [3.8, 4) is 0 Å². The van der Waals surface area contributed by atoms with Crippen molar-refractivity contribution in [2.75, 3.05) is 11.9 Å². The largest absolute Gasteiger partial charge is 0.461 e. The highest BCUT2D eigenvalue weighted by Gasteiger charge is 2.36. The van der Waals surface area contributed by atoms with Crippen LogP contribution in [0.1, 0.15) is 65.9 Å². The van der Waals surface area contributed by atoms with E-state index >= 15 is 0 Å². The molecule has 1 aromatic rings. The molecular formula is C24H38N2O2. The number of nitrogens with zero attached hydrogens (tertiary/aromatic N) is 2. The van der Waals surface area contributed by atoms with Gasteiger partial charge in [-0.05, 0) is 56.1 Å². The Morgan fingerprint density at radius 2 is 1.93 bits per heavy atom. The van der Waals surface area contributed by atoms with E-state index in [1.54, 1.807) is 7.05 Å². The van der Waals surface area contributed by atoms with Crippen LogP contribution in [0.15, 0.2) is 29.3 Å². The molecule has 1 aliphatic carbocycles. The van der Waals surface area contributed by atoms with Crippen molar-refractivity contribution >= 4 is 17.5 Å². The number of aliphatic imine (C=N–C) groups is 1. The standard InChI is InChI=1S/C24H38N2O2/c1-8-23(25-7)26(21-12-10-9-11-18(21)5)19(6)24(27)28-22-15-17(4)13-14-20(22)16(2)3/h9-12,16-17,19-20,22H,8,13-15H2,1-7H3/t17-,19-,20+,22-/m1/s1. The second-order valence-corrected chi connectivity index (χ2v) is 8.63. The molecule has 1 aliphatic rings. The minimum Gasteiger partial charge on any atom is -0.461 e. The number of hydrogen-bond donors (Lipinski definition) is 0. The lowest BCUT2D eigenvalue weighted by Crippen LogP contribution is -2.47. The van der Waals surface area contributed by atoms with E-state index in [1.165, 1.54) is 6.42 Å². The van der Waals surface area contributed by atoms with Gasteiger partial charge in [-0.15, -0.1) is 0 Å². The van der Waals surface area contributed by atoms with E-state index in [0.717, 1.165) is 36.3 Å². The molecule has 0 aromatic heterocycles. The summed E-state index contributed by atoms with van der Waals surface area (Å²) < 4.78 is 6.14. The number of benzene rings is 1. The first-order valence-electron chi connectivity index (χ1n) is 10.8. The molecule has 4 nitrogen and oxygen atoms in total. The maximum absolute atomic E-state index is 13.2. The molecule has 0 spiro atoms. The Labute approximate surface area is 171 Å². The second-order valence-electron chi connectivity index (χ2n) is 8.63. The van der Waals surface area contributed by atoms with Crippen molar-refractivity contribution in [1.29, 1.82) is 0 Å². The summed E-state index contributed by atoms with van der Waals surface area (Å²) in [7, 11) is 1.79. The Balaban J connectivity index is 2.27. The van der Waals surface area contributed by atoms with Gasteiger partial charge in [0.05, 0.1) is 0 Å². The van der Waals surface area contributed by atoms with E-state index in [-0.39, 0.29) is 12.1 Å². The van der Waals surface area contributed by atoms with Crippen LogP contribution in [0, 0.1) is 24.7 Å². The van der Waals surface area contributed by atoms with Crippen LogP contribution in [0.25, 0.3) is 0 Å². The summed E-state index contributed by atoms with van der Waals surface area (Å²) in [6.07, 6.45) is 4.11. The van der Waals surface area contributed by atoms with Gasteiger partial charge in [0, 0.05) is 19.2 Å². The number of anilines is 1. The molecule has 0 radical (unpaired) electrons. The highest BCUT2D eigenvalue weighted by Crippen LogP contribution is 2.36. The summed E-state index contributed by atoms with van der Waals surface area (Å²) in [5.41, 5.74) is 2.15. The molecule has 0 aliphatic heterocycles. The van der Waals surface area contributed by atoms with Crippen LogP contribution < -0.4 is 4.90 Å². The van der Waals surface area contributed by atoms with Crippen LogP contribution in [0.5, 0.6) is 0 Å². The average Bonchev–Trinajstić information content (AvgIpc) is 2.66. The Bertz CT molecular complexity index is 683. The van der Waals surface area contributed by atoms with Crippen molar-refractivity contribution in [2.45, 2.75) is 79.4 Å². The van der Waals surface area contributed by atoms with E-state index < -0.39 is 6.04 Å². The third-order valence-electron chi connectivity index (χ3n) is 6.18. The van der Waals surface area contributed by atoms with Gasteiger partial charge in [-0.25, -0.2) is 4.79 Å². The number of rotatable bonds is 6. The van der Waals surface area contributed by atoms with Gasteiger partial charge in [-0.2, -0.15) is 0 Å². The first-order valence-corrected chi connectivity index (χ1v) is 10.8. The van der Waals surface area contributed by atoms with Crippen LogP contribution in [0.3, 0.4) is 0 Å². The van der Waals surface area contributed by atoms with Gasteiger partial charge in [-0.1, -0.05) is 52.3 Å². The van der Waals surface area contributed by atoms with E-state index in [4.69, 9.17) is 4.74 Å². The summed E-state index contributed by atoms with van der Waals surface area (Å²) in [5, 5.41) is 0. The van der Waals surface area contributed by atoms with Gasteiger partial charge in [0.25, 0.3) is 0 Å². The van der Waals surface area contributed by atoms with Crippen LogP contribution in [0.2, 0.25) is 0 Å². The van der Waals surface area contributed by atoms with Crippen molar-refractivity contribution in [1.82, 2.24) is 0 Å². The number of para-hydroxylation sites is 1. The fraction of sp³-hybridized carbons (Fsp3) is 0.667. The molecule has 0 bridgehead atoms. The number of amidine groups is 1. The summed E-state index contributed by atoms with van der Waals surface area (Å²) in [5.74, 6) is 2.33. The third kappa shape index (κ3) is 5.15. The summed E-state index contributed by atoms with van der Waals surface area (Å²) >= 11 is 0. The van der Waals surface area contributed by atoms with Gasteiger partial charge in [0.15, 0.2) is 0 Å². The highest BCUT2D eigenvalue weighted by molar-refractivity contribution is 6.03. The molecule has 156 valence electrons. The maximum atomic E-state index is 13.2. The molecule has 1 fully saturated rings. The Morgan fingerprint density at radius 3 is 2.50 bits per heavy atom. The van der Waals surface area contributed by atoms with E-state index in [1.807, 2.05) is 24.0 Å². The van der Waals surface area contributed by atoms with E-state index in [0.29, 0.717) is 17.8 Å². The van der Waals surface area contributed by atoms with Gasteiger partial charge >= 0.3 is 5.97 Å². The Kier molecular flexibility index (Phi) is 8.09. The SMILES string of the molecule is CCC(=NC)N(c1ccccc1C)[C@H](C)C(=O)O[C@@H]1C[C@H](C)CC[C@H]1C(C)C. The molecule has 1 aromatic carbocycles. The molecule has 28 heavy (non-hydrogen) atoms. The fourth-order valence-corrected chi connectivity index (χ4v) is 4.44. The minimum absolute atomic E-state index is 0.0149. The smallest absolute Gasteiger partial charge is 0.329 e. The molecule has 2 rings (SSSR count). The van der Waals surface area contributed by atoms with Gasteiger partial charge in [-0.3, -0.25) is 4.99 Å². The molecule has 4 heteroatoms. The van der Waals surface area contributed by atoms with Crippen LogP contribution in [0.4, 0.5) is 5.69 Å². The molecule has 0 unspecified atom stereocenters. The average molecular weight is 387 g/mol. The summed E-state index contributed by atoms with van der Waals surface area (Å²) in [6, 6.07) is 7.74. The van der Waals surface area contributed by atoms with E-state index in [9.17, 15) is 4.79 Å². The van der Waals surface area contributed by atoms with Gasteiger partial charge < -0.3 is 9.64 Å². The predicted molar refractivity (Wildman–Crippen MR) is 118 cm³/mol. The Morgan fingerprint density at radius 1 is 1.25 bits per heavy atom. The van der Waals surface area contributed by atoms with Crippen LogP contribution >= 0.6 is 0 Å². The lowest BCUT2D eigenvalue weighted by atomic mass is 9.75. The lowest BCUT2D eigenvalue weighted by Gasteiger charge is -2.38. The number of hydrogen-bond acceptors (Lipinski definition) is 3. The molecular weight excluding hydrogens is 348 g/mol. The van der Waals surface area contributed by atoms with E-state index in [2.05, 4.69) is 51.7 Å². The van der Waals surface area contributed by atoms with Crippen molar-refractivity contribution in [3.63, 3.8) is 0 Å². The molecule has 0 saturated heterocycles. The van der Waals surface area contributed by atoms with Crippen molar-refractivity contribution in [3.05, 3.63) is 29.8 Å². The number of ether oxygens (including phenoxy) is 1. The maximum Gasteiger partial charge on any atom is 0.329 e. The minimum atomic E-state index is -0.412. The highest BCUT2D eigenvalue weighted by atomic mass is 16.5. The molecule has 1 saturated carbocycles. The third-order valence-corrected chi connectivity index (χ3v) is 6.18. The molecule has 4 atom stereocenters. The molecule has 0 N–H and O–H groups in total. The van der Waals surface area contributed by atoms with Crippen molar-refractivity contribution < 1.29 is 9.53 Å². The zero-order chi connectivity index (χ0) is 20.8. The Hall–Kier alpha value is -1.84. The number of carbonyl (C=O) groups is 1.